The molecule has 0 saturated carbocycles. The Balaban J connectivity index is 5.83. The van der Waals surface area contributed by atoms with Crippen LogP contribution in [0.1, 0.15) is 77.0 Å². The summed E-state index contributed by atoms with van der Waals surface area (Å²) >= 11 is 0. The molecule has 0 N–H and O–H groups in total. The molecule has 0 unspecified atom stereocenters. The van der Waals surface area contributed by atoms with E-state index in [0.29, 0.717) is 208 Å². The van der Waals surface area contributed by atoms with Crippen LogP contribution in [0.25, 0.3) is 0 Å². The van der Waals surface area contributed by atoms with Crippen molar-refractivity contribution in [3.8, 4) is 48.6 Å². The van der Waals surface area contributed by atoms with Crippen LogP contribution >= 0.6 is 0 Å². The molecule has 0 aliphatic heterocycles. The molecule has 0 aliphatic rings. The van der Waals surface area contributed by atoms with Crippen molar-refractivity contribution < 1.29 is 18.9 Å². The third kappa shape index (κ3) is 31.4. The van der Waals surface area contributed by atoms with Crippen molar-refractivity contribution in [2.45, 2.75) is 77.0 Å². The predicted molar refractivity (Wildman–Crippen MR) is 212 cm³/mol. The molecule has 16 nitrogen and oxygen atoms in total. The van der Waals surface area contributed by atoms with Gasteiger partial charge in [-0.3, -0.25) is 0 Å². The molecular formula is C41H64N12O4. The van der Waals surface area contributed by atoms with E-state index in [1.165, 1.54) is 0 Å². The van der Waals surface area contributed by atoms with E-state index in [9.17, 15) is 0 Å². The molecule has 0 bridgehead atoms. The van der Waals surface area contributed by atoms with E-state index >= 15 is 0 Å². The van der Waals surface area contributed by atoms with Gasteiger partial charge in [0.1, 0.15) is 0 Å². The average molecular weight is 789 g/mol. The number of ether oxygens (including phenoxy) is 4. The van der Waals surface area contributed by atoms with Gasteiger partial charge in [0.05, 0.1) is 80.4 Å². The van der Waals surface area contributed by atoms with E-state index in [1.54, 1.807) is 0 Å². The SMILES string of the molecule is N#CCCN(CCC#N)CCCOCC(COCCCN(CCC#N)CCC#N)(COCCCN(CCC#N)CCC#N)COCCCN(CCC#N)CCC#N. The molecule has 0 fully saturated rings. The minimum atomic E-state index is -0.661. The lowest BCUT2D eigenvalue weighted by atomic mass is 9.92. The number of rotatable bonds is 40. The minimum absolute atomic E-state index is 0.298. The van der Waals surface area contributed by atoms with Gasteiger partial charge in [0.15, 0.2) is 0 Å². The van der Waals surface area contributed by atoms with Gasteiger partial charge < -0.3 is 38.5 Å². The van der Waals surface area contributed by atoms with Crippen LogP contribution in [0.2, 0.25) is 0 Å². The Morgan fingerprint density at radius 2 is 0.456 bits per heavy atom. The van der Waals surface area contributed by atoms with Gasteiger partial charge in [0.25, 0.3) is 0 Å². The molecule has 0 aromatic rings. The summed E-state index contributed by atoms with van der Waals surface area (Å²) in [5, 5.41) is 72.5. The van der Waals surface area contributed by atoms with E-state index < -0.39 is 5.41 Å². The fourth-order valence-corrected chi connectivity index (χ4v) is 5.97. The van der Waals surface area contributed by atoms with Crippen LogP contribution in [0.5, 0.6) is 0 Å². The Kier molecular flexibility index (Phi) is 36.7. The lowest BCUT2D eigenvalue weighted by Gasteiger charge is -2.33. The second-order valence-electron chi connectivity index (χ2n) is 13.8. The normalized spacial score (nSPS) is 11.0. The molecule has 0 radical (unpaired) electrons. The van der Waals surface area contributed by atoms with Crippen molar-refractivity contribution in [1.29, 1.82) is 42.1 Å². The van der Waals surface area contributed by atoms with Crippen LogP contribution < -0.4 is 0 Å². The Hall–Kier alpha value is -4.40. The molecule has 312 valence electrons. The van der Waals surface area contributed by atoms with Gasteiger partial charge in [0, 0.05) is 156 Å². The van der Waals surface area contributed by atoms with Crippen molar-refractivity contribution >= 4 is 0 Å². The third-order valence-corrected chi connectivity index (χ3v) is 9.00. The lowest BCUT2D eigenvalue weighted by molar-refractivity contribution is -0.108. The van der Waals surface area contributed by atoms with Crippen LogP contribution in [0, 0.1) is 96.1 Å². The van der Waals surface area contributed by atoms with Crippen LogP contribution in [0.3, 0.4) is 0 Å². The van der Waals surface area contributed by atoms with Crippen LogP contribution in [-0.4, -0.2) is 151 Å². The predicted octanol–water partition coefficient (Wildman–Crippen LogP) is 4.12. The summed E-state index contributed by atoms with van der Waals surface area (Å²) in [7, 11) is 0. The van der Waals surface area contributed by atoms with Crippen molar-refractivity contribution in [3.05, 3.63) is 0 Å². The fourth-order valence-electron chi connectivity index (χ4n) is 5.97. The molecule has 0 rings (SSSR count). The van der Waals surface area contributed by atoms with Gasteiger partial charge in [-0.15, -0.1) is 0 Å². The largest absolute Gasteiger partial charge is 0.381 e. The van der Waals surface area contributed by atoms with E-state index in [2.05, 4.69) is 68.2 Å². The molecule has 0 heterocycles. The van der Waals surface area contributed by atoms with E-state index in [1.807, 2.05) is 0 Å². The van der Waals surface area contributed by atoms with Crippen LogP contribution in [0.15, 0.2) is 0 Å². The van der Waals surface area contributed by atoms with Gasteiger partial charge in [0.2, 0.25) is 0 Å². The van der Waals surface area contributed by atoms with Crippen molar-refractivity contribution in [3.63, 3.8) is 0 Å². The fraction of sp³-hybridized carbons (Fsp3) is 0.805. The summed E-state index contributed by atoms with van der Waals surface area (Å²) in [5.41, 5.74) is -0.661. The monoisotopic (exact) mass is 789 g/mol. The summed E-state index contributed by atoms with van der Waals surface area (Å²) in [6.45, 7) is 10.5. The molecule has 0 saturated heterocycles. The van der Waals surface area contributed by atoms with Crippen LogP contribution in [-0.2, 0) is 18.9 Å². The Bertz CT molecular complexity index is 1070. The topological polar surface area (TPSA) is 240 Å². The summed E-state index contributed by atoms with van der Waals surface area (Å²) in [6, 6.07) is 17.4. The Morgan fingerprint density at radius 3 is 0.614 bits per heavy atom. The summed E-state index contributed by atoms with van der Waals surface area (Å²) in [4.78, 5) is 8.40. The maximum absolute atomic E-state index is 9.06. The smallest absolute Gasteiger partial charge is 0.0637 e. The summed E-state index contributed by atoms with van der Waals surface area (Å²) < 4.78 is 25.2. The van der Waals surface area contributed by atoms with E-state index in [4.69, 9.17) is 61.0 Å². The summed E-state index contributed by atoms with van der Waals surface area (Å²) in [5.74, 6) is 0. The zero-order valence-electron chi connectivity index (χ0n) is 34.1. The zero-order valence-corrected chi connectivity index (χ0v) is 34.1. The van der Waals surface area contributed by atoms with Gasteiger partial charge in [-0.05, 0) is 25.7 Å². The highest BCUT2D eigenvalue weighted by molar-refractivity contribution is 4.82. The molecule has 0 amide bonds. The van der Waals surface area contributed by atoms with Gasteiger partial charge >= 0.3 is 0 Å². The highest BCUT2D eigenvalue weighted by Crippen LogP contribution is 2.22. The van der Waals surface area contributed by atoms with Gasteiger partial charge in [-0.1, -0.05) is 0 Å². The molecule has 0 spiro atoms. The first-order valence-corrected chi connectivity index (χ1v) is 20.1. The van der Waals surface area contributed by atoms with Gasteiger partial charge in [-0.25, -0.2) is 0 Å². The molecule has 16 heteroatoms. The highest BCUT2D eigenvalue weighted by atomic mass is 16.5. The average Bonchev–Trinajstić information content (AvgIpc) is 3.22. The molecule has 0 aliphatic carbocycles. The second-order valence-corrected chi connectivity index (χ2v) is 13.8. The van der Waals surface area contributed by atoms with Crippen molar-refractivity contribution in [2.75, 3.05) is 131 Å². The number of nitrogens with zero attached hydrogens (tertiary/aromatic N) is 12. The Morgan fingerprint density at radius 1 is 0.281 bits per heavy atom. The standard InChI is InChI=1S/C41H64N12O4/c42-13-1-21-50(22-2-14-43)29-9-33-54-37-41(38-55-34-10-30-51(23-3-15-44)24-4-16-45,39-56-35-11-31-52(25-5-17-46)26-6-18-47)40-57-36-12-32-53(27-7-19-48)28-8-20-49/h1-12,21-40H2. The first-order valence-electron chi connectivity index (χ1n) is 20.1. The third-order valence-electron chi connectivity index (χ3n) is 9.00. The van der Waals surface area contributed by atoms with E-state index in [-0.39, 0.29) is 0 Å². The number of hydrogen-bond donors (Lipinski definition) is 0. The second kappa shape index (κ2) is 39.8. The van der Waals surface area contributed by atoms with Crippen molar-refractivity contribution in [2.24, 2.45) is 5.41 Å². The molecular weight excluding hydrogens is 725 g/mol. The lowest BCUT2D eigenvalue weighted by Crippen LogP contribution is -2.42. The summed E-state index contributed by atoms with van der Waals surface area (Å²) in [6.07, 6.45) is 5.93. The van der Waals surface area contributed by atoms with Crippen LogP contribution in [0.4, 0.5) is 0 Å². The maximum atomic E-state index is 9.06. The zero-order chi connectivity index (χ0) is 41.9. The molecule has 0 aromatic heterocycles. The van der Waals surface area contributed by atoms with Gasteiger partial charge in [-0.2, -0.15) is 42.1 Å². The minimum Gasteiger partial charge on any atom is -0.381 e. The van der Waals surface area contributed by atoms with E-state index in [0.717, 1.165) is 0 Å². The highest BCUT2D eigenvalue weighted by Gasteiger charge is 2.33. The molecule has 57 heavy (non-hydrogen) atoms. The first-order chi connectivity index (χ1) is 28.0. The number of hydrogen-bond acceptors (Lipinski definition) is 16. The quantitative estimate of drug-likeness (QED) is 0.0793. The van der Waals surface area contributed by atoms with Crippen molar-refractivity contribution in [1.82, 2.24) is 19.6 Å². The number of nitriles is 8. The first kappa shape index (κ1) is 52.6. The maximum Gasteiger partial charge on any atom is 0.0637 e. The molecule has 0 aromatic carbocycles. The Labute approximate surface area is 342 Å². The molecule has 0 atom stereocenters.